The zero-order chi connectivity index (χ0) is 11.6. The van der Waals surface area contributed by atoms with Crippen molar-refractivity contribution in [1.29, 1.82) is 0 Å². The van der Waals surface area contributed by atoms with Gasteiger partial charge in [-0.15, -0.1) is 0 Å². The number of hydrogen-bond donors (Lipinski definition) is 1. The summed E-state index contributed by atoms with van der Waals surface area (Å²) in [5, 5.41) is 4.07. The van der Waals surface area contributed by atoms with E-state index in [0.717, 1.165) is 12.0 Å². The van der Waals surface area contributed by atoms with Gasteiger partial charge in [0.2, 0.25) is 0 Å². The van der Waals surface area contributed by atoms with Crippen LogP contribution in [0.2, 0.25) is 0 Å². The van der Waals surface area contributed by atoms with Crippen LogP contribution in [0.5, 0.6) is 0 Å². The van der Waals surface area contributed by atoms with Crippen molar-refractivity contribution in [3.05, 3.63) is 11.3 Å². The van der Waals surface area contributed by atoms with Gasteiger partial charge < -0.3 is 10.5 Å². The van der Waals surface area contributed by atoms with Crippen LogP contribution < -0.4 is 5.73 Å². The van der Waals surface area contributed by atoms with Crippen molar-refractivity contribution in [2.75, 3.05) is 12.8 Å². The summed E-state index contributed by atoms with van der Waals surface area (Å²) in [7, 11) is 3.06. The Hall–Kier alpha value is -1.52. The average molecular weight is 211 g/mol. The number of aromatic nitrogens is 2. The summed E-state index contributed by atoms with van der Waals surface area (Å²) in [6.07, 6.45) is 0.903. The lowest BCUT2D eigenvalue weighted by molar-refractivity contribution is 0.0591. The number of methoxy groups -OCH3 is 1. The lowest BCUT2D eigenvalue weighted by Crippen LogP contribution is -2.07. The second kappa shape index (κ2) is 4.33. The summed E-state index contributed by atoms with van der Waals surface area (Å²) in [6, 6.07) is 0. The lowest BCUT2D eigenvalue weighted by atomic mass is 9.98. The molecule has 84 valence electrons. The van der Waals surface area contributed by atoms with Gasteiger partial charge in [-0.1, -0.05) is 13.8 Å². The van der Waals surface area contributed by atoms with Crippen molar-refractivity contribution in [3.8, 4) is 0 Å². The minimum absolute atomic E-state index is 0.202. The first kappa shape index (κ1) is 11.6. The first-order valence-electron chi connectivity index (χ1n) is 4.93. The molecule has 0 radical (unpaired) electrons. The number of ether oxygens (including phenoxy) is 1. The third-order valence-electron chi connectivity index (χ3n) is 2.61. The molecule has 1 aromatic heterocycles. The Balaban J connectivity index is 3.26. The van der Waals surface area contributed by atoms with Gasteiger partial charge in [0.1, 0.15) is 5.82 Å². The van der Waals surface area contributed by atoms with Gasteiger partial charge in [-0.2, -0.15) is 5.10 Å². The minimum Gasteiger partial charge on any atom is -0.464 e. The Morgan fingerprint density at radius 1 is 1.67 bits per heavy atom. The van der Waals surface area contributed by atoms with Gasteiger partial charge in [-0.05, 0) is 12.3 Å². The van der Waals surface area contributed by atoms with E-state index in [4.69, 9.17) is 5.73 Å². The van der Waals surface area contributed by atoms with E-state index in [2.05, 4.69) is 9.84 Å². The molecular weight excluding hydrogens is 194 g/mol. The molecule has 5 heteroatoms. The highest BCUT2D eigenvalue weighted by Crippen LogP contribution is 2.28. The molecule has 0 aliphatic heterocycles. The topological polar surface area (TPSA) is 70.1 Å². The van der Waals surface area contributed by atoms with Crippen LogP contribution in [0.1, 0.15) is 42.2 Å². The Kier molecular flexibility index (Phi) is 3.34. The molecular formula is C10H17N3O2. The maximum Gasteiger partial charge on any atom is 0.358 e. The lowest BCUT2D eigenvalue weighted by Gasteiger charge is -2.08. The van der Waals surface area contributed by atoms with E-state index in [9.17, 15) is 4.79 Å². The van der Waals surface area contributed by atoms with E-state index in [0.29, 0.717) is 11.5 Å². The zero-order valence-corrected chi connectivity index (χ0v) is 9.57. The van der Waals surface area contributed by atoms with E-state index in [1.54, 1.807) is 7.05 Å². The molecule has 0 saturated carbocycles. The summed E-state index contributed by atoms with van der Waals surface area (Å²) in [4.78, 5) is 11.5. The highest BCUT2D eigenvalue weighted by Gasteiger charge is 2.23. The highest BCUT2D eigenvalue weighted by molar-refractivity contribution is 5.90. The molecule has 5 nitrogen and oxygen atoms in total. The van der Waals surface area contributed by atoms with E-state index in [-0.39, 0.29) is 5.92 Å². The van der Waals surface area contributed by atoms with Crippen LogP contribution in [0.25, 0.3) is 0 Å². The highest BCUT2D eigenvalue weighted by atomic mass is 16.5. The first-order chi connectivity index (χ1) is 7.02. The van der Waals surface area contributed by atoms with Crippen molar-refractivity contribution >= 4 is 11.8 Å². The van der Waals surface area contributed by atoms with Gasteiger partial charge in [0, 0.05) is 12.6 Å². The predicted octanol–water partition coefficient (Wildman–Crippen LogP) is 1.30. The number of nitrogen functional groups attached to an aromatic ring is 1. The molecule has 0 aliphatic carbocycles. The van der Waals surface area contributed by atoms with Crippen molar-refractivity contribution in [2.45, 2.75) is 26.2 Å². The quantitative estimate of drug-likeness (QED) is 0.765. The monoisotopic (exact) mass is 211 g/mol. The average Bonchev–Trinajstić information content (AvgIpc) is 2.53. The maximum absolute atomic E-state index is 11.5. The number of rotatable bonds is 3. The van der Waals surface area contributed by atoms with E-state index < -0.39 is 5.97 Å². The zero-order valence-electron chi connectivity index (χ0n) is 9.57. The maximum atomic E-state index is 11.5. The van der Waals surface area contributed by atoms with Crippen molar-refractivity contribution in [2.24, 2.45) is 7.05 Å². The number of nitrogens with two attached hydrogens (primary N) is 1. The summed E-state index contributed by atoms with van der Waals surface area (Å²) >= 11 is 0. The van der Waals surface area contributed by atoms with Gasteiger partial charge in [0.25, 0.3) is 0 Å². The fourth-order valence-corrected chi connectivity index (χ4v) is 1.49. The third-order valence-corrected chi connectivity index (χ3v) is 2.61. The molecule has 0 fully saturated rings. The van der Waals surface area contributed by atoms with Crippen LogP contribution in [0, 0.1) is 0 Å². The van der Waals surface area contributed by atoms with Crippen LogP contribution in [0.15, 0.2) is 0 Å². The Bertz CT molecular complexity index is 371. The second-order valence-corrected chi connectivity index (χ2v) is 3.57. The molecule has 0 saturated heterocycles. The summed E-state index contributed by atoms with van der Waals surface area (Å²) in [5.74, 6) is 0.301. The number of carbonyl (C=O) groups excluding carboxylic acids is 1. The largest absolute Gasteiger partial charge is 0.464 e. The molecule has 1 atom stereocenters. The molecule has 0 aromatic carbocycles. The van der Waals surface area contributed by atoms with Crippen molar-refractivity contribution in [3.63, 3.8) is 0 Å². The SMILES string of the molecule is CCC(C)c1c(C(=O)OC)nn(C)c1N. The molecule has 1 aromatic rings. The van der Waals surface area contributed by atoms with Crippen molar-refractivity contribution in [1.82, 2.24) is 9.78 Å². The summed E-state index contributed by atoms with van der Waals surface area (Å²) in [5.41, 5.74) is 6.97. The second-order valence-electron chi connectivity index (χ2n) is 3.57. The van der Waals surface area contributed by atoms with E-state index in [1.807, 2.05) is 13.8 Å². The normalized spacial score (nSPS) is 12.5. The van der Waals surface area contributed by atoms with Gasteiger partial charge in [0.15, 0.2) is 5.69 Å². The standard InChI is InChI=1S/C10H17N3O2/c1-5-6(2)7-8(10(14)15-4)12-13(3)9(7)11/h6H,5,11H2,1-4H3. The molecule has 15 heavy (non-hydrogen) atoms. The Labute approximate surface area is 89.2 Å². The molecule has 1 heterocycles. The van der Waals surface area contributed by atoms with E-state index in [1.165, 1.54) is 11.8 Å². The molecule has 0 aliphatic rings. The number of esters is 1. The molecule has 2 N–H and O–H groups in total. The van der Waals surface area contributed by atoms with Crippen molar-refractivity contribution < 1.29 is 9.53 Å². The van der Waals surface area contributed by atoms with Crippen LogP contribution in [0.4, 0.5) is 5.82 Å². The van der Waals surface area contributed by atoms with Crippen LogP contribution >= 0.6 is 0 Å². The molecule has 1 unspecified atom stereocenters. The Morgan fingerprint density at radius 2 is 2.27 bits per heavy atom. The fourth-order valence-electron chi connectivity index (χ4n) is 1.49. The van der Waals surface area contributed by atoms with Crippen LogP contribution in [-0.4, -0.2) is 22.9 Å². The Morgan fingerprint density at radius 3 is 2.73 bits per heavy atom. The number of anilines is 1. The molecule has 0 amide bonds. The van der Waals surface area contributed by atoms with Gasteiger partial charge in [0.05, 0.1) is 7.11 Å². The smallest absolute Gasteiger partial charge is 0.358 e. The van der Waals surface area contributed by atoms with E-state index >= 15 is 0 Å². The predicted molar refractivity (Wildman–Crippen MR) is 57.7 cm³/mol. The molecule has 0 bridgehead atoms. The van der Waals surface area contributed by atoms with Crippen LogP contribution in [-0.2, 0) is 11.8 Å². The summed E-state index contributed by atoms with van der Waals surface area (Å²) in [6.45, 7) is 4.05. The number of carbonyl (C=O) groups is 1. The fraction of sp³-hybridized carbons (Fsp3) is 0.600. The first-order valence-corrected chi connectivity index (χ1v) is 4.93. The molecule has 1 rings (SSSR count). The van der Waals surface area contributed by atoms with Gasteiger partial charge in [-0.3, -0.25) is 4.68 Å². The number of hydrogen-bond acceptors (Lipinski definition) is 4. The number of nitrogens with zero attached hydrogens (tertiary/aromatic N) is 2. The number of aryl methyl sites for hydroxylation is 1. The van der Waals surface area contributed by atoms with Crippen LogP contribution in [0.3, 0.4) is 0 Å². The van der Waals surface area contributed by atoms with Gasteiger partial charge >= 0.3 is 5.97 Å². The summed E-state index contributed by atoms with van der Waals surface area (Å²) < 4.78 is 6.18. The minimum atomic E-state index is -0.433. The molecule has 0 spiro atoms. The third kappa shape index (κ3) is 1.95. The van der Waals surface area contributed by atoms with Gasteiger partial charge in [-0.25, -0.2) is 4.79 Å².